The van der Waals surface area contributed by atoms with E-state index in [9.17, 15) is 14.4 Å². The summed E-state index contributed by atoms with van der Waals surface area (Å²) in [6, 6.07) is 0. The van der Waals surface area contributed by atoms with Crippen LogP contribution in [0.15, 0.2) is 122 Å². The van der Waals surface area contributed by atoms with E-state index in [-0.39, 0.29) is 37.5 Å². The molecule has 390 valence electrons. The highest BCUT2D eigenvalue weighted by Gasteiger charge is 2.19. The molecule has 1 atom stereocenters. The summed E-state index contributed by atoms with van der Waals surface area (Å²) in [6.45, 7) is 6.40. The Balaban J connectivity index is 4.54. The predicted molar refractivity (Wildman–Crippen MR) is 297 cm³/mol. The second-order valence-electron chi connectivity index (χ2n) is 18.1. The van der Waals surface area contributed by atoms with Gasteiger partial charge < -0.3 is 14.2 Å². The number of carbonyl (C=O) groups excluding carboxylic acids is 3. The Morgan fingerprint density at radius 3 is 0.899 bits per heavy atom. The van der Waals surface area contributed by atoms with E-state index in [1.54, 1.807) is 0 Å². The van der Waals surface area contributed by atoms with Gasteiger partial charge in [-0.05, 0) is 135 Å². The monoisotopic (exact) mass is 955 g/mol. The normalized spacial score (nSPS) is 13.0. The summed E-state index contributed by atoms with van der Waals surface area (Å²) in [5.74, 6) is -0.982. The van der Waals surface area contributed by atoms with Gasteiger partial charge in [0.2, 0.25) is 0 Å². The summed E-state index contributed by atoms with van der Waals surface area (Å²) < 4.78 is 16.8. The van der Waals surface area contributed by atoms with Crippen LogP contribution in [0.5, 0.6) is 0 Å². The molecular weight excluding hydrogens is 853 g/mol. The van der Waals surface area contributed by atoms with Gasteiger partial charge in [-0.25, -0.2) is 0 Å². The quantitative estimate of drug-likeness (QED) is 0.0262. The molecule has 0 heterocycles. The Morgan fingerprint density at radius 1 is 0.304 bits per heavy atom. The first kappa shape index (κ1) is 64.8. The second kappa shape index (κ2) is 56.4. The van der Waals surface area contributed by atoms with Crippen molar-refractivity contribution in [1.82, 2.24) is 0 Å². The van der Waals surface area contributed by atoms with Crippen LogP contribution in [0.25, 0.3) is 0 Å². The van der Waals surface area contributed by atoms with Crippen LogP contribution >= 0.6 is 0 Å². The second-order valence-corrected chi connectivity index (χ2v) is 18.1. The molecular formula is C63H102O6. The van der Waals surface area contributed by atoms with E-state index in [4.69, 9.17) is 14.2 Å². The Morgan fingerprint density at radius 2 is 0.565 bits per heavy atom. The highest BCUT2D eigenvalue weighted by molar-refractivity contribution is 5.71. The molecule has 0 aliphatic rings. The lowest BCUT2D eigenvalue weighted by atomic mass is 10.1. The fourth-order valence-corrected chi connectivity index (χ4v) is 7.21. The first-order valence-corrected chi connectivity index (χ1v) is 28.0. The number of rotatable bonds is 49. The number of unbranched alkanes of at least 4 members (excludes halogenated alkanes) is 18. The van der Waals surface area contributed by atoms with E-state index in [1.807, 2.05) is 0 Å². The summed E-state index contributed by atoms with van der Waals surface area (Å²) in [6.07, 6.45) is 77.5. The maximum Gasteiger partial charge on any atom is 0.306 e. The molecule has 69 heavy (non-hydrogen) atoms. The molecule has 0 radical (unpaired) electrons. The molecule has 0 saturated heterocycles. The zero-order valence-corrected chi connectivity index (χ0v) is 44.5. The van der Waals surface area contributed by atoms with Crippen molar-refractivity contribution in [2.75, 3.05) is 13.2 Å². The van der Waals surface area contributed by atoms with Gasteiger partial charge >= 0.3 is 17.9 Å². The smallest absolute Gasteiger partial charge is 0.306 e. The van der Waals surface area contributed by atoms with Crippen molar-refractivity contribution < 1.29 is 28.6 Å². The Hall–Kier alpha value is -4.19. The van der Waals surface area contributed by atoms with Gasteiger partial charge in [0, 0.05) is 19.3 Å². The number of ether oxygens (including phenoxy) is 3. The molecule has 0 amide bonds. The zero-order chi connectivity index (χ0) is 50.0. The number of hydrogen-bond acceptors (Lipinski definition) is 6. The third-order valence-corrected chi connectivity index (χ3v) is 11.4. The SMILES string of the molecule is CC/C=C/C/C=C/C/C=C/CCCCCCCC(=O)OC[C@H](COC(=O)CCCCC/C=C/C/C=C/C/C=C/C/C=C/CCCCC)OC(=O)CCCCCC/C=C/C/C=C/C/C=C/CCCCC. The van der Waals surface area contributed by atoms with Crippen LogP contribution in [0.2, 0.25) is 0 Å². The lowest BCUT2D eigenvalue weighted by molar-refractivity contribution is -0.167. The van der Waals surface area contributed by atoms with E-state index in [0.717, 1.165) is 148 Å². The third-order valence-electron chi connectivity index (χ3n) is 11.4. The van der Waals surface area contributed by atoms with Crippen molar-refractivity contribution in [3.8, 4) is 0 Å². The molecule has 0 unspecified atom stereocenters. The molecule has 0 aliphatic heterocycles. The van der Waals surface area contributed by atoms with E-state index >= 15 is 0 Å². The van der Waals surface area contributed by atoms with Crippen molar-refractivity contribution in [2.45, 2.75) is 245 Å². The van der Waals surface area contributed by atoms with E-state index in [2.05, 4.69) is 142 Å². The summed E-state index contributed by atoms with van der Waals surface area (Å²) >= 11 is 0. The van der Waals surface area contributed by atoms with E-state index in [0.29, 0.717) is 12.8 Å². The van der Waals surface area contributed by atoms with Gasteiger partial charge in [0.1, 0.15) is 13.2 Å². The van der Waals surface area contributed by atoms with Crippen molar-refractivity contribution in [1.29, 1.82) is 0 Å². The minimum Gasteiger partial charge on any atom is -0.462 e. The molecule has 0 aliphatic carbocycles. The Bertz CT molecular complexity index is 1470. The fraction of sp³-hybridized carbons (Fsp3) is 0.635. The van der Waals surface area contributed by atoms with Gasteiger partial charge in [0.05, 0.1) is 0 Å². The highest BCUT2D eigenvalue weighted by Crippen LogP contribution is 2.12. The van der Waals surface area contributed by atoms with Gasteiger partial charge in [0.25, 0.3) is 0 Å². The van der Waals surface area contributed by atoms with Crippen LogP contribution in [0.1, 0.15) is 239 Å². The van der Waals surface area contributed by atoms with Gasteiger partial charge in [-0.3, -0.25) is 14.4 Å². The van der Waals surface area contributed by atoms with Crippen molar-refractivity contribution in [2.24, 2.45) is 0 Å². The van der Waals surface area contributed by atoms with Gasteiger partial charge in [-0.15, -0.1) is 0 Å². The Labute approximate surface area is 424 Å². The zero-order valence-electron chi connectivity index (χ0n) is 44.5. The van der Waals surface area contributed by atoms with Crippen LogP contribution < -0.4 is 0 Å². The van der Waals surface area contributed by atoms with E-state index < -0.39 is 6.10 Å². The molecule has 0 N–H and O–H groups in total. The Kier molecular flexibility index (Phi) is 53.0. The van der Waals surface area contributed by atoms with Crippen LogP contribution in [0, 0.1) is 0 Å². The van der Waals surface area contributed by atoms with Crippen molar-refractivity contribution in [3.63, 3.8) is 0 Å². The van der Waals surface area contributed by atoms with Crippen LogP contribution in [-0.4, -0.2) is 37.2 Å². The lowest BCUT2D eigenvalue weighted by Crippen LogP contribution is -2.30. The largest absolute Gasteiger partial charge is 0.462 e. The maximum absolute atomic E-state index is 12.8. The molecule has 0 spiro atoms. The molecule has 0 fully saturated rings. The molecule has 6 heteroatoms. The maximum atomic E-state index is 12.8. The molecule has 0 aromatic rings. The van der Waals surface area contributed by atoms with E-state index in [1.165, 1.54) is 51.4 Å². The highest BCUT2D eigenvalue weighted by atomic mass is 16.6. The molecule has 0 saturated carbocycles. The average molecular weight is 956 g/mol. The van der Waals surface area contributed by atoms with Gasteiger partial charge in [-0.1, -0.05) is 206 Å². The molecule has 0 bridgehead atoms. The first-order valence-electron chi connectivity index (χ1n) is 28.0. The van der Waals surface area contributed by atoms with Crippen molar-refractivity contribution >= 4 is 17.9 Å². The number of hydrogen-bond donors (Lipinski definition) is 0. The lowest BCUT2D eigenvalue weighted by Gasteiger charge is -2.18. The predicted octanol–water partition coefficient (Wildman–Crippen LogP) is 18.9. The standard InChI is InChI=1S/C63H102O6/c1-4-7-10-13-16-19-22-25-28-30-31-33-35-38-41-44-47-50-53-56-62(65)68-59-60(58-67-61(64)55-52-49-46-43-40-37-34-27-24-21-18-15-12-9-6-3)69-63(66)57-54-51-48-45-42-39-36-32-29-26-23-20-17-14-11-8-5-2/h9,12,16-21,25-29,31,33-34,36,38-39,41,60H,4-8,10-11,13-15,22-24,30,32,35,37,40,42-59H2,1-3H3/b12-9+,19-16+,20-17+,21-18+,28-25+,29-26+,33-31+,34-27+,39-36+,41-38+/t60-/m1/s1. The minimum atomic E-state index is -0.815. The van der Waals surface area contributed by atoms with Gasteiger partial charge in [-0.2, -0.15) is 0 Å². The van der Waals surface area contributed by atoms with Gasteiger partial charge in [0.15, 0.2) is 6.10 Å². The number of carbonyl (C=O) groups is 3. The van der Waals surface area contributed by atoms with Crippen LogP contribution in [0.4, 0.5) is 0 Å². The molecule has 0 aromatic heterocycles. The van der Waals surface area contributed by atoms with Crippen LogP contribution in [0.3, 0.4) is 0 Å². The number of allylic oxidation sites excluding steroid dienone is 20. The van der Waals surface area contributed by atoms with Crippen LogP contribution in [-0.2, 0) is 28.6 Å². The summed E-state index contributed by atoms with van der Waals surface area (Å²) in [5, 5.41) is 0. The summed E-state index contributed by atoms with van der Waals surface area (Å²) in [4.78, 5) is 38.1. The summed E-state index contributed by atoms with van der Waals surface area (Å²) in [7, 11) is 0. The topological polar surface area (TPSA) is 78.9 Å². The molecule has 6 nitrogen and oxygen atoms in total. The number of esters is 3. The third kappa shape index (κ3) is 54.6. The fourth-order valence-electron chi connectivity index (χ4n) is 7.21. The first-order chi connectivity index (χ1) is 34.0. The summed E-state index contributed by atoms with van der Waals surface area (Å²) in [5.41, 5.74) is 0. The molecule has 0 aromatic carbocycles. The minimum absolute atomic E-state index is 0.110. The van der Waals surface area contributed by atoms with Crippen molar-refractivity contribution in [3.05, 3.63) is 122 Å². The average Bonchev–Trinajstić information content (AvgIpc) is 3.35. The molecule has 0 rings (SSSR count).